The molecule has 3 heterocycles. The number of piperidine rings is 1. The molecule has 1 aromatic heterocycles. The van der Waals surface area contributed by atoms with Gasteiger partial charge in [0.2, 0.25) is 11.9 Å². The van der Waals surface area contributed by atoms with Gasteiger partial charge in [0.05, 0.1) is 13.2 Å². The maximum Gasteiger partial charge on any atom is 0.322 e. The lowest BCUT2D eigenvalue weighted by Crippen LogP contribution is -2.38. The zero-order chi connectivity index (χ0) is 16.8. The number of ether oxygens (including phenoxy) is 2. The summed E-state index contributed by atoms with van der Waals surface area (Å²) in [6, 6.07) is 0.408. The van der Waals surface area contributed by atoms with Crippen molar-refractivity contribution in [3.63, 3.8) is 0 Å². The van der Waals surface area contributed by atoms with E-state index < -0.39 is 0 Å². The van der Waals surface area contributed by atoms with Gasteiger partial charge in [-0.3, -0.25) is 0 Å². The molecule has 0 radical (unpaired) electrons. The van der Waals surface area contributed by atoms with Crippen LogP contribution in [-0.4, -0.2) is 61.0 Å². The summed E-state index contributed by atoms with van der Waals surface area (Å²) in [5, 5.41) is 0. The number of hydrogen-bond acceptors (Lipinski definition) is 7. The van der Waals surface area contributed by atoms with Crippen molar-refractivity contribution in [2.24, 2.45) is 0 Å². The average molecular weight is 335 g/mol. The molecule has 2 saturated heterocycles. The molecule has 0 aliphatic carbocycles. The highest BCUT2D eigenvalue weighted by molar-refractivity contribution is 5.41. The fraction of sp³-hybridized carbons (Fsp3) is 0.824. The fourth-order valence-corrected chi connectivity index (χ4v) is 3.44. The van der Waals surface area contributed by atoms with Gasteiger partial charge in [-0.1, -0.05) is 12.8 Å². The maximum absolute atomic E-state index is 5.73. The molecule has 2 aliphatic rings. The minimum Gasteiger partial charge on any atom is -0.467 e. The Labute approximate surface area is 144 Å². The highest BCUT2D eigenvalue weighted by Crippen LogP contribution is 2.23. The van der Waals surface area contributed by atoms with E-state index in [1.165, 1.54) is 25.7 Å². The first-order valence-electron chi connectivity index (χ1n) is 9.21. The van der Waals surface area contributed by atoms with Gasteiger partial charge in [0.25, 0.3) is 0 Å². The first kappa shape index (κ1) is 17.2. The molecule has 0 bridgehead atoms. The molecule has 0 unspecified atom stereocenters. The monoisotopic (exact) mass is 335 g/mol. The van der Waals surface area contributed by atoms with Crippen LogP contribution in [0.1, 0.15) is 45.4 Å². The largest absolute Gasteiger partial charge is 0.467 e. The third-order valence-corrected chi connectivity index (χ3v) is 4.79. The Morgan fingerprint density at radius 1 is 0.875 bits per heavy atom. The van der Waals surface area contributed by atoms with E-state index in [1.807, 2.05) is 0 Å². The van der Waals surface area contributed by atoms with Crippen LogP contribution in [0.2, 0.25) is 0 Å². The lowest BCUT2D eigenvalue weighted by atomic mass is 10.1. The highest BCUT2D eigenvalue weighted by Gasteiger charge is 2.23. The van der Waals surface area contributed by atoms with Gasteiger partial charge < -0.3 is 19.3 Å². The molecule has 0 atom stereocenters. The molecule has 1 aromatic rings. The predicted octanol–water partition coefficient (Wildman–Crippen LogP) is 2.27. The number of hydrogen-bond donors (Lipinski definition) is 0. The second-order valence-electron chi connectivity index (χ2n) is 6.47. The van der Waals surface area contributed by atoms with Gasteiger partial charge in [-0.15, -0.1) is 0 Å². The molecule has 7 nitrogen and oxygen atoms in total. The van der Waals surface area contributed by atoms with Crippen LogP contribution >= 0.6 is 0 Å². The smallest absolute Gasteiger partial charge is 0.322 e. The van der Waals surface area contributed by atoms with Gasteiger partial charge >= 0.3 is 6.01 Å². The minimum absolute atomic E-state index is 0.361. The van der Waals surface area contributed by atoms with Gasteiger partial charge in [0, 0.05) is 32.8 Å². The van der Waals surface area contributed by atoms with Crippen molar-refractivity contribution in [1.82, 2.24) is 15.0 Å². The van der Waals surface area contributed by atoms with Crippen LogP contribution in [0.15, 0.2) is 0 Å². The molecule has 0 amide bonds. The van der Waals surface area contributed by atoms with Crippen molar-refractivity contribution in [2.75, 3.05) is 49.7 Å². The summed E-state index contributed by atoms with van der Waals surface area (Å²) < 4.78 is 11.1. The summed E-state index contributed by atoms with van der Waals surface area (Å²) in [7, 11) is 1.62. The van der Waals surface area contributed by atoms with E-state index in [9.17, 15) is 0 Å². The van der Waals surface area contributed by atoms with Crippen molar-refractivity contribution in [2.45, 2.75) is 51.6 Å². The third kappa shape index (κ3) is 4.26. The third-order valence-electron chi connectivity index (χ3n) is 4.79. The number of anilines is 2. The van der Waals surface area contributed by atoms with Gasteiger partial charge in [-0.2, -0.15) is 15.0 Å². The van der Waals surface area contributed by atoms with E-state index in [-0.39, 0.29) is 0 Å². The van der Waals surface area contributed by atoms with Crippen molar-refractivity contribution in [1.29, 1.82) is 0 Å². The Hall–Kier alpha value is -1.63. The normalized spacial score (nSPS) is 20.1. The fourth-order valence-electron chi connectivity index (χ4n) is 3.44. The molecule has 0 aromatic carbocycles. The summed E-state index contributed by atoms with van der Waals surface area (Å²) in [4.78, 5) is 18.2. The Balaban J connectivity index is 1.74. The van der Waals surface area contributed by atoms with E-state index in [0.29, 0.717) is 12.1 Å². The van der Waals surface area contributed by atoms with Crippen LogP contribution in [0, 0.1) is 0 Å². The number of methoxy groups -OCH3 is 1. The molecule has 2 aliphatic heterocycles. The molecule has 24 heavy (non-hydrogen) atoms. The molecule has 3 rings (SSSR count). The van der Waals surface area contributed by atoms with Gasteiger partial charge in [0.15, 0.2) is 0 Å². The van der Waals surface area contributed by atoms with E-state index in [4.69, 9.17) is 14.5 Å². The summed E-state index contributed by atoms with van der Waals surface area (Å²) in [6.45, 7) is 6.69. The second kappa shape index (κ2) is 8.46. The van der Waals surface area contributed by atoms with Crippen LogP contribution in [-0.2, 0) is 4.74 Å². The Bertz CT molecular complexity index is 512. The maximum atomic E-state index is 5.73. The van der Waals surface area contributed by atoms with Crippen molar-refractivity contribution < 1.29 is 9.47 Å². The molecular weight excluding hydrogens is 306 g/mol. The summed E-state index contributed by atoms with van der Waals surface area (Å²) >= 11 is 0. The Morgan fingerprint density at radius 2 is 1.46 bits per heavy atom. The van der Waals surface area contributed by atoms with E-state index in [1.54, 1.807) is 7.11 Å². The van der Waals surface area contributed by atoms with E-state index >= 15 is 0 Å². The van der Waals surface area contributed by atoms with Crippen LogP contribution in [0.5, 0.6) is 6.01 Å². The van der Waals surface area contributed by atoms with Crippen LogP contribution in [0.4, 0.5) is 11.9 Å². The van der Waals surface area contributed by atoms with Crippen molar-refractivity contribution in [3.8, 4) is 6.01 Å². The zero-order valence-corrected chi connectivity index (χ0v) is 14.9. The van der Waals surface area contributed by atoms with Gasteiger partial charge in [-0.25, -0.2) is 0 Å². The Morgan fingerprint density at radius 3 is 2.00 bits per heavy atom. The van der Waals surface area contributed by atoms with Crippen LogP contribution in [0.25, 0.3) is 0 Å². The number of aromatic nitrogens is 3. The van der Waals surface area contributed by atoms with Crippen LogP contribution in [0.3, 0.4) is 0 Å². The first-order chi connectivity index (χ1) is 11.8. The average Bonchev–Trinajstić information content (AvgIpc) is 2.92. The zero-order valence-electron chi connectivity index (χ0n) is 14.9. The molecule has 0 N–H and O–H groups in total. The molecular formula is C17H29N5O2. The number of nitrogens with zero attached hydrogens (tertiary/aromatic N) is 5. The summed E-state index contributed by atoms with van der Waals surface area (Å²) in [6.07, 6.45) is 7.36. The van der Waals surface area contributed by atoms with Crippen LogP contribution < -0.4 is 14.5 Å². The van der Waals surface area contributed by atoms with Gasteiger partial charge in [0.1, 0.15) is 0 Å². The molecule has 0 saturated carbocycles. The summed E-state index contributed by atoms with van der Waals surface area (Å²) in [5.74, 6) is 1.49. The van der Waals surface area contributed by atoms with Crippen molar-refractivity contribution in [3.05, 3.63) is 0 Å². The number of rotatable bonds is 5. The lowest BCUT2D eigenvalue weighted by Gasteiger charge is -2.32. The SMILES string of the molecule is CCOC1CCN(c2nc(OC)nc(N3CCCCCC3)n2)CC1. The van der Waals surface area contributed by atoms with E-state index in [0.717, 1.165) is 57.5 Å². The van der Waals surface area contributed by atoms with Crippen molar-refractivity contribution >= 4 is 11.9 Å². The summed E-state index contributed by atoms with van der Waals surface area (Å²) in [5.41, 5.74) is 0. The van der Waals surface area contributed by atoms with E-state index in [2.05, 4.69) is 26.7 Å². The standard InChI is InChI=1S/C17H29N5O2/c1-3-24-14-8-12-22(13-9-14)16-18-15(19-17(20-16)23-2)21-10-6-4-5-7-11-21/h14H,3-13H2,1-2H3. The molecule has 7 heteroatoms. The molecule has 0 spiro atoms. The topological polar surface area (TPSA) is 63.6 Å². The predicted molar refractivity (Wildman–Crippen MR) is 93.9 cm³/mol. The second-order valence-corrected chi connectivity index (χ2v) is 6.47. The Kier molecular flexibility index (Phi) is 6.07. The lowest BCUT2D eigenvalue weighted by molar-refractivity contribution is 0.0457. The van der Waals surface area contributed by atoms with Gasteiger partial charge in [-0.05, 0) is 32.6 Å². The quantitative estimate of drug-likeness (QED) is 0.818. The highest BCUT2D eigenvalue weighted by atomic mass is 16.5. The minimum atomic E-state index is 0.361. The first-order valence-corrected chi connectivity index (χ1v) is 9.21. The molecule has 134 valence electrons. The molecule has 2 fully saturated rings.